The SMILES string of the molecule is CCOC(=O)c1csc(NC(=O)c2ccncc2)c1C(=O)OCC. The molecule has 0 atom stereocenters. The summed E-state index contributed by atoms with van der Waals surface area (Å²) < 4.78 is 9.92. The van der Waals surface area contributed by atoms with Crippen LogP contribution in [0.4, 0.5) is 5.00 Å². The van der Waals surface area contributed by atoms with Gasteiger partial charge in [-0.25, -0.2) is 9.59 Å². The number of carbonyl (C=O) groups excluding carboxylic acids is 3. The zero-order chi connectivity index (χ0) is 17.5. The maximum atomic E-state index is 12.3. The lowest BCUT2D eigenvalue weighted by Gasteiger charge is -2.08. The van der Waals surface area contributed by atoms with Crippen molar-refractivity contribution in [3.8, 4) is 0 Å². The Balaban J connectivity index is 2.33. The number of anilines is 1. The quantitative estimate of drug-likeness (QED) is 0.807. The molecule has 2 aromatic heterocycles. The van der Waals surface area contributed by atoms with E-state index in [0.717, 1.165) is 11.3 Å². The highest BCUT2D eigenvalue weighted by molar-refractivity contribution is 7.15. The zero-order valence-electron chi connectivity index (χ0n) is 13.2. The lowest BCUT2D eigenvalue weighted by atomic mass is 10.2. The highest BCUT2D eigenvalue weighted by Gasteiger charge is 2.26. The van der Waals surface area contributed by atoms with Gasteiger partial charge in [0.1, 0.15) is 10.6 Å². The summed E-state index contributed by atoms with van der Waals surface area (Å²) in [5, 5.41) is 4.33. The molecule has 126 valence electrons. The number of esters is 2. The van der Waals surface area contributed by atoms with Gasteiger partial charge in [-0.1, -0.05) is 0 Å². The average Bonchev–Trinajstić information content (AvgIpc) is 3.00. The fraction of sp³-hybridized carbons (Fsp3) is 0.250. The van der Waals surface area contributed by atoms with Crippen LogP contribution in [0.5, 0.6) is 0 Å². The Morgan fingerprint density at radius 2 is 1.71 bits per heavy atom. The van der Waals surface area contributed by atoms with Crippen LogP contribution < -0.4 is 5.32 Å². The molecular formula is C16H16N2O5S. The van der Waals surface area contributed by atoms with Gasteiger partial charge in [-0.2, -0.15) is 0 Å². The van der Waals surface area contributed by atoms with Crippen LogP contribution in [0.3, 0.4) is 0 Å². The van der Waals surface area contributed by atoms with Gasteiger partial charge in [-0.05, 0) is 26.0 Å². The highest BCUT2D eigenvalue weighted by Crippen LogP contribution is 2.30. The monoisotopic (exact) mass is 348 g/mol. The minimum absolute atomic E-state index is 0.00251. The lowest BCUT2D eigenvalue weighted by molar-refractivity contribution is 0.0481. The molecule has 0 bridgehead atoms. The summed E-state index contributed by atoms with van der Waals surface area (Å²) in [6.07, 6.45) is 2.97. The number of rotatable bonds is 6. The topological polar surface area (TPSA) is 94.6 Å². The largest absolute Gasteiger partial charge is 0.462 e. The first-order valence-corrected chi connectivity index (χ1v) is 8.13. The number of aromatic nitrogens is 1. The number of carbonyl (C=O) groups is 3. The Labute approximate surface area is 142 Å². The number of nitrogens with one attached hydrogen (secondary N) is 1. The maximum absolute atomic E-state index is 12.3. The van der Waals surface area contributed by atoms with Crippen LogP contribution >= 0.6 is 11.3 Å². The van der Waals surface area contributed by atoms with E-state index in [4.69, 9.17) is 9.47 Å². The molecule has 2 rings (SSSR count). The fourth-order valence-corrected chi connectivity index (χ4v) is 2.81. The fourth-order valence-electron chi connectivity index (χ4n) is 1.89. The average molecular weight is 348 g/mol. The summed E-state index contributed by atoms with van der Waals surface area (Å²) in [4.78, 5) is 40.3. The second-order valence-electron chi connectivity index (χ2n) is 4.48. The van der Waals surface area contributed by atoms with Crippen LogP contribution in [0.25, 0.3) is 0 Å². The molecule has 0 spiro atoms. The molecule has 0 aliphatic heterocycles. The van der Waals surface area contributed by atoms with Crippen LogP contribution in [0, 0.1) is 0 Å². The van der Waals surface area contributed by atoms with E-state index >= 15 is 0 Å². The molecule has 0 radical (unpaired) electrons. The van der Waals surface area contributed by atoms with E-state index in [1.54, 1.807) is 26.0 Å². The van der Waals surface area contributed by atoms with Gasteiger partial charge in [0.2, 0.25) is 0 Å². The van der Waals surface area contributed by atoms with Gasteiger partial charge in [0.25, 0.3) is 5.91 Å². The van der Waals surface area contributed by atoms with Crippen molar-refractivity contribution in [2.45, 2.75) is 13.8 Å². The number of amides is 1. The van der Waals surface area contributed by atoms with Crippen molar-refractivity contribution < 1.29 is 23.9 Å². The van der Waals surface area contributed by atoms with E-state index < -0.39 is 17.8 Å². The van der Waals surface area contributed by atoms with E-state index in [2.05, 4.69) is 10.3 Å². The number of nitrogens with zero attached hydrogens (tertiary/aromatic N) is 1. The van der Waals surface area contributed by atoms with Crippen molar-refractivity contribution in [2.75, 3.05) is 18.5 Å². The minimum Gasteiger partial charge on any atom is -0.462 e. The van der Waals surface area contributed by atoms with Crippen molar-refractivity contribution in [3.63, 3.8) is 0 Å². The molecule has 1 amide bonds. The van der Waals surface area contributed by atoms with Gasteiger partial charge in [0.05, 0.1) is 18.8 Å². The molecule has 0 saturated carbocycles. The number of hydrogen-bond donors (Lipinski definition) is 1. The van der Waals surface area contributed by atoms with Gasteiger partial charge in [-0.15, -0.1) is 11.3 Å². The van der Waals surface area contributed by atoms with E-state index in [1.807, 2.05) is 0 Å². The summed E-state index contributed by atoms with van der Waals surface area (Å²) in [6, 6.07) is 3.08. The molecule has 0 fully saturated rings. The van der Waals surface area contributed by atoms with Crippen LogP contribution in [0.2, 0.25) is 0 Å². The Kier molecular flexibility index (Phi) is 6.02. The molecule has 7 nitrogen and oxygen atoms in total. The molecule has 1 N–H and O–H groups in total. The molecular weight excluding hydrogens is 332 g/mol. The van der Waals surface area contributed by atoms with E-state index in [1.165, 1.54) is 17.8 Å². The first-order valence-electron chi connectivity index (χ1n) is 7.25. The second-order valence-corrected chi connectivity index (χ2v) is 5.36. The minimum atomic E-state index is -0.688. The Bertz CT molecular complexity index is 742. The molecule has 24 heavy (non-hydrogen) atoms. The number of ether oxygens (including phenoxy) is 2. The Hall–Kier alpha value is -2.74. The maximum Gasteiger partial charge on any atom is 0.342 e. The van der Waals surface area contributed by atoms with Crippen molar-refractivity contribution in [1.82, 2.24) is 4.98 Å². The predicted molar refractivity (Wildman–Crippen MR) is 88.4 cm³/mol. The third kappa shape index (κ3) is 3.96. The lowest BCUT2D eigenvalue weighted by Crippen LogP contribution is -2.17. The molecule has 0 aliphatic rings. The first kappa shape index (κ1) is 17.6. The first-order chi connectivity index (χ1) is 11.6. The number of pyridine rings is 1. The van der Waals surface area contributed by atoms with Crippen molar-refractivity contribution >= 4 is 34.2 Å². The normalized spacial score (nSPS) is 10.1. The molecule has 0 saturated heterocycles. The van der Waals surface area contributed by atoms with Gasteiger partial charge in [0, 0.05) is 23.3 Å². The number of hydrogen-bond acceptors (Lipinski definition) is 7. The van der Waals surface area contributed by atoms with Crippen molar-refractivity contribution in [1.29, 1.82) is 0 Å². The van der Waals surface area contributed by atoms with E-state index in [-0.39, 0.29) is 29.3 Å². The van der Waals surface area contributed by atoms with Crippen LogP contribution in [0.15, 0.2) is 29.9 Å². The Morgan fingerprint density at radius 3 is 2.33 bits per heavy atom. The summed E-state index contributed by atoms with van der Waals surface area (Å²) in [7, 11) is 0. The van der Waals surface area contributed by atoms with Gasteiger partial charge < -0.3 is 14.8 Å². The predicted octanol–water partition coefficient (Wildman–Crippen LogP) is 2.75. The molecule has 0 unspecified atom stereocenters. The van der Waals surface area contributed by atoms with Crippen LogP contribution in [0.1, 0.15) is 44.9 Å². The van der Waals surface area contributed by atoms with Crippen molar-refractivity contribution in [2.24, 2.45) is 0 Å². The molecule has 0 aromatic carbocycles. The number of thiophene rings is 1. The van der Waals surface area contributed by atoms with Crippen LogP contribution in [-0.2, 0) is 9.47 Å². The van der Waals surface area contributed by atoms with Crippen molar-refractivity contribution in [3.05, 3.63) is 46.6 Å². The second kappa shape index (κ2) is 8.21. The molecule has 0 aliphatic carbocycles. The van der Waals surface area contributed by atoms with E-state index in [0.29, 0.717) is 5.56 Å². The van der Waals surface area contributed by atoms with Gasteiger partial charge in [-0.3, -0.25) is 9.78 Å². The molecule has 2 aromatic rings. The highest BCUT2D eigenvalue weighted by atomic mass is 32.1. The summed E-state index contributed by atoms with van der Waals surface area (Å²) >= 11 is 1.06. The third-order valence-electron chi connectivity index (χ3n) is 2.94. The van der Waals surface area contributed by atoms with Gasteiger partial charge >= 0.3 is 11.9 Å². The third-order valence-corrected chi connectivity index (χ3v) is 3.83. The van der Waals surface area contributed by atoms with Gasteiger partial charge in [0.15, 0.2) is 0 Å². The zero-order valence-corrected chi connectivity index (χ0v) is 14.0. The van der Waals surface area contributed by atoms with Crippen LogP contribution in [-0.4, -0.2) is 36.0 Å². The molecule has 8 heteroatoms. The smallest absolute Gasteiger partial charge is 0.342 e. The summed E-state index contributed by atoms with van der Waals surface area (Å²) in [5.74, 6) is -1.74. The summed E-state index contributed by atoms with van der Waals surface area (Å²) in [5.41, 5.74) is 0.457. The summed E-state index contributed by atoms with van der Waals surface area (Å²) in [6.45, 7) is 3.65. The van der Waals surface area contributed by atoms with E-state index in [9.17, 15) is 14.4 Å². The molecule has 2 heterocycles. The Morgan fingerprint density at radius 1 is 1.08 bits per heavy atom. The standard InChI is InChI=1S/C16H16N2O5S/c1-3-22-15(20)11-9-24-14(12(11)16(21)23-4-2)18-13(19)10-5-7-17-8-6-10/h5-9H,3-4H2,1-2H3,(H,18,19).